The SMILES string of the molecule is CC1SCCC1NCCCO. The van der Waals surface area contributed by atoms with E-state index in [9.17, 15) is 0 Å². The van der Waals surface area contributed by atoms with Crippen molar-refractivity contribution in [3.63, 3.8) is 0 Å². The monoisotopic (exact) mass is 175 g/mol. The smallest absolute Gasteiger partial charge is 0.0443 e. The maximum Gasteiger partial charge on any atom is 0.0443 e. The van der Waals surface area contributed by atoms with Crippen molar-refractivity contribution in [2.45, 2.75) is 31.1 Å². The maximum absolute atomic E-state index is 8.56. The van der Waals surface area contributed by atoms with Crippen LogP contribution in [-0.2, 0) is 0 Å². The fraction of sp³-hybridized carbons (Fsp3) is 1.00. The van der Waals surface area contributed by atoms with Crippen LogP contribution in [0.4, 0.5) is 0 Å². The highest BCUT2D eigenvalue weighted by atomic mass is 32.2. The van der Waals surface area contributed by atoms with Gasteiger partial charge in [0.05, 0.1) is 0 Å². The molecule has 0 aromatic heterocycles. The Hall–Kier alpha value is 0.270. The van der Waals surface area contributed by atoms with Crippen molar-refractivity contribution < 1.29 is 5.11 Å². The molecule has 2 nitrogen and oxygen atoms in total. The van der Waals surface area contributed by atoms with Crippen molar-refractivity contribution in [3.05, 3.63) is 0 Å². The summed E-state index contributed by atoms with van der Waals surface area (Å²) in [6.07, 6.45) is 2.17. The Labute approximate surface area is 72.8 Å². The number of aliphatic hydroxyl groups is 1. The van der Waals surface area contributed by atoms with Gasteiger partial charge in [0.2, 0.25) is 0 Å². The van der Waals surface area contributed by atoms with Crippen molar-refractivity contribution in [1.82, 2.24) is 5.32 Å². The molecule has 0 aliphatic carbocycles. The van der Waals surface area contributed by atoms with Crippen molar-refractivity contribution in [3.8, 4) is 0 Å². The molecule has 0 bridgehead atoms. The third-order valence-electron chi connectivity index (χ3n) is 2.12. The van der Waals surface area contributed by atoms with Gasteiger partial charge in [0, 0.05) is 17.9 Å². The van der Waals surface area contributed by atoms with Crippen molar-refractivity contribution >= 4 is 11.8 Å². The Kier molecular flexibility index (Phi) is 4.26. The molecule has 0 amide bonds. The number of hydrogen-bond acceptors (Lipinski definition) is 3. The van der Waals surface area contributed by atoms with Crippen LogP contribution in [0, 0.1) is 0 Å². The van der Waals surface area contributed by atoms with Crippen molar-refractivity contribution in [2.75, 3.05) is 18.9 Å². The molecular formula is C8H17NOS. The summed E-state index contributed by atoms with van der Waals surface area (Å²) in [5.74, 6) is 1.29. The van der Waals surface area contributed by atoms with Crippen LogP contribution >= 0.6 is 11.8 Å². The molecule has 2 atom stereocenters. The average molecular weight is 175 g/mol. The van der Waals surface area contributed by atoms with Crippen LogP contribution in [-0.4, -0.2) is 35.3 Å². The first-order valence-corrected chi connectivity index (χ1v) is 5.35. The molecule has 66 valence electrons. The standard InChI is InChI=1S/C8H17NOS/c1-7-8(3-6-11-7)9-4-2-5-10/h7-10H,2-6H2,1H3. The van der Waals surface area contributed by atoms with Crippen LogP contribution in [0.15, 0.2) is 0 Å². The van der Waals surface area contributed by atoms with Gasteiger partial charge in [-0.3, -0.25) is 0 Å². The van der Waals surface area contributed by atoms with Crippen molar-refractivity contribution in [2.24, 2.45) is 0 Å². The van der Waals surface area contributed by atoms with Gasteiger partial charge >= 0.3 is 0 Å². The largest absolute Gasteiger partial charge is 0.396 e. The second-order valence-electron chi connectivity index (χ2n) is 3.00. The second kappa shape index (κ2) is 5.01. The highest BCUT2D eigenvalue weighted by molar-refractivity contribution is 8.00. The molecule has 11 heavy (non-hydrogen) atoms. The summed E-state index contributed by atoms with van der Waals surface area (Å²) >= 11 is 2.04. The molecule has 0 spiro atoms. The third kappa shape index (κ3) is 3.01. The molecule has 0 aromatic rings. The van der Waals surface area contributed by atoms with Gasteiger partial charge in [-0.1, -0.05) is 6.92 Å². The first-order chi connectivity index (χ1) is 5.34. The quantitative estimate of drug-likeness (QED) is 0.621. The summed E-state index contributed by atoms with van der Waals surface area (Å²) in [7, 11) is 0. The normalized spacial score (nSPS) is 31.1. The highest BCUT2D eigenvalue weighted by Gasteiger charge is 2.22. The van der Waals surface area contributed by atoms with E-state index in [1.165, 1.54) is 12.2 Å². The lowest BCUT2D eigenvalue weighted by molar-refractivity contribution is 0.283. The van der Waals surface area contributed by atoms with E-state index in [2.05, 4.69) is 12.2 Å². The van der Waals surface area contributed by atoms with E-state index >= 15 is 0 Å². The summed E-state index contributed by atoms with van der Waals surface area (Å²) in [4.78, 5) is 0. The fourth-order valence-corrected chi connectivity index (χ4v) is 2.59. The van der Waals surface area contributed by atoms with Crippen LogP contribution < -0.4 is 5.32 Å². The molecular weight excluding hydrogens is 158 g/mol. The van der Waals surface area contributed by atoms with Gasteiger partial charge < -0.3 is 10.4 Å². The van der Waals surface area contributed by atoms with E-state index in [1.807, 2.05) is 11.8 Å². The van der Waals surface area contributed by atoms with E-state index < -0.39 is 0 Å². The van der Waals surface area contributed by atoms with E-state index in [1.54, 1.807) is 0 Å². The topological polar surface area (TPSA) is 32.3 Å². The third-order valence-corrected chi connectivity index (χ3v) is 3.44. The number of rotatable bonds is 4. The Morgan fingerprint density at radius 1 is 1.64 bits per heavy atom. The molecule has 2 unspecified atom stereocenters. The molecule has 0 saturated carbocycles. The minimum Gasteiger partial charge on any atom is -0.396 e. The molecule has 3 heteroatoms. The summed E-state index contributed by atoms with van der Waals surface area (Å²) < 4.78 is 0. The average Bonchev–Trinajstić information content (AvgIpc) is 2.37. The summed E-state index contributed by atoms with van der Waals surface area (Å²) in [6.45, 7) is 3.54. The zero-order valence-corrected chi connectivity index (χ0v) is 7.86. The molecule has 1 saturated heterocycles. The van der Waals surface area contributed by atoms with Gasteiger partial charge in [0.25, 0.3) is 0 Å². The minimum absolute atomic E-state index is 0.307. The molecule has 0 aromatic carbocycles. The maximum atomic E-state index is 8.56. The molecule has 1 aliphatic rings. The van der Waals surface area contributed by atoms with Crippen LogP contribution in [0.25, 0.3) is 0 Å². The molecule has 1 rings (SSSR count). The van der Waals surface area contributed by atoms with E-state index in [0.29, 0.717) is 12.6 Å². The first kappa shape index (κ1) is 9.36. The number of thioether (sulfide) groups is 1. The Morgan fingerprint density at radius 2 is 2.45 bits per heavy atom. The van der Waals surface area contributed by atoms with Crippen LogP contribution in [0.1, 0.15) is 19.8 Å². The minimum atomic E-state index is 0.307. The van der Waals surface area contributed by atoms with E-state index in [0.717, 1.165) is 18.2 Å². The number of hydrogen-bond donors (Lipinski definition) is 2. The Morgan fingerprint density at radius 3 is 3.00 bits per heavy atom. The lowest BCUT2D eigenvalue weighted by Gasteiger charge is -2.15. The number of aliphatic hydroxyl groups excluding tert-OH is 1. The van der Waals surface area contributed by atoms with Crippen molar-refractivity contribution in [1.29, 1.82) is 0 Å². The zero-order valence-electron chi connectivity index (χ0n) is 7.05. The van der Waals surface area contributed by atoms with Gasteiger partial charge in [0.15, 0.2) is 0 Å². The first-order valence-electron chi connectivity index (χ1n) is 4.30. The van der Waals surface area contributed by atoms with E-state index in [4.69, 9.17) is 5.11 Å². The van der Waals surface area contributed by atoms with Gasteiger partial charge in [-0.15, -0.1) is 0 Å². The molecule has 1 aliphatic heterocycles. The number of nitrogens with one attached hydrogen (secondary N) is 1. The molecule has 0 radical (unpaired) electrons. The van der Waals surface area contributed by atoms with Crippen LogP contribution in [0.5, 0.6) is 0 Å². The van der Waals surface area contributed by atoms with Crippen LogP contribution in [0.2, 0.25) is 0 Å². The summed E-state index contributed by atoms with van der Waals surface area (Å²) in [5.41, 5.74) is 0. The Bertz CT molecular complexity index is 110. The molecule has 1 heterocycles. The van der Waals surface area contributed by atoms with Gasteiger partial charge in [0.1, 0.15) is 0 Å². The summed E-state index contributed by atoms with van der Waals surface area (Å²) in [6, 6.07) is 0.687. The predicted molar refractivity (Wildman–Crippen MR) is 50.0 cm³/mol. The molecule has 2 N–H and O–H groups in total. The van der Waals surface area contributed by atoms with Crippen LogP contribution in [0.3, 0.4) is 0 Å². The highest BCUT2D eigenvalue weighted by Crippen LogP contribution is 2.25. The van der Waals surface area contributed by atoms with E-state index in [-0.39, 0.29) is 0 Å². The summed E-state index contributed by atoms with van der Waals surface area (Å²) in [5, 5.41) is 12.8. The predicted octanol–water partition coefficient (Wildman–Crippen LogP) is 0.852. The fourth-order valence-electron chi connectivity index (χ4n) is 1.37. The molecule has 1 fully saturated rings. The zero-order chi connectivity index (χ0) is 8.10. The van der Waals surface area contributed by atoms with Gasteiger partial charge in [-0.2, -0.15) is 11.8 Å². The lowest BCUT2D eigenvalue weighted by Crippen LogP contribution is -2.34. The van der Waals surface area contributed by atoms with Gasteiger partial charge in [-0.25, -0.2) is 0 Å². The lowest BCUT2D eigenvalue weighted by atomic mass is 10.2. The Balaban J connectivity index is 2.05. The van der Waals surface area contributed by atoms with Gasteiger partial charge in [-0.05, 0) is 25.1 Å². The second-order valence-corrected chi connectivity index (χ2v) is 4.49.